The Morgan fingerprint density at radius 2 is 1.87 bits per heavy atom. The van der Waals surface area contributed by atoms with Crippen molar-refractivity contribution in [3.05, 3.63) is 71.2 Å². The van der Waals surface area contributed by atoms with Crippen molar-refractivity contribution in [3.63, 3.8) is 0 Å². The lowest BCUT2D eigenvalue weighted by Gasteiger charge is -2.30. The lowest BCUT2D eigenvalue weighted by Crippen LogP contribution is -2.29. The zero-order valence-corrected chi connectivity index (χ0v) is 22.1. The molecular weight excluding hydrogens is 500 g/mol. The lowest BCUT2D eigenvalue weighted by atomic mass is 9.89. The summed E-state index contributed by atoms with van der Waals surface area (Å²) < 4.78 is 33.2. The summed E-state index contributed by atoms with van der Waals surface area (Å²) in [6.45, 7) is 4.58. The van der Waals surface area contributed by atoms with E-state index >= 15 is 0 Å². The summed E-state index contributed by atoms with van der Waals surface area (Å²) in [5.41, 5.74) is 4.34. The minimum Gasteiger partial charge on any atom is -0.436 e. The van der Waals surface area contributed by atoms with Crippen molar-refractivity contribution in [1.29, 1.82) is 10.5 Å². The molecule has 0 amide bonds. The van der Waals surface area contributed by atoms with Gasteiger partial charge < -0.3 is 9.64 Å². The standard InChI is InChI=1S/C28H28N6O3S/c1-3-12-38(35,36)33-20-6-8-22(18(2)13-20)27-24(15-29)23-9-7-21(14-26(23)34(27)17-19-4-5-19)37-28-25(16-30)31-10-11-32-28/h6-11,13-14,19,24,27,33H,3-5,12,17H2,1-2H3. The van der Waals surface area contributed by atoms with Crippen LogP contribution >= 0.6 is 0 Å². The highest BCUT2D eigenvalue weighted by atomic mass is 32.2. The largest absolute Gasteiger partial charge is 0.436 e. The van der Waals surface area contributed by atoms with E-state index in [4.69, 9.17) is 4.74 Å². The predicted molar refractivity (Wildman–Crippen MR) is 143 cm³/mol. The van der Waals surface area contributed by atoms with Crippen LogP contribution in [0.1, 0.15) is 60.5 Å². The molecule has 9 nitrogen and oxygen atoms in total. The summed E-state index contributed by atoms with van der Waals surface area (Å²) in [6.07, 6.45) is 5.74. The first kappa shape index (κ1) is 25.5. The molecule has 38 heavy (non-hydrogen) atoms. The number of anilines is 2. The molecule has 2 unspecified atom stereocenters. The third-order valence-corrected chi connectivity index (χ3v) is 8.40. The second kappa shape index (κ2) is 10.3. The maximum absolute atomic E-state index is 12.3. The van der Waals surface area contributed by atoms with Gasteiger partial charge in [0.1, 0.15) is 11.8 Å². The number of aromatic nitrogens is 2. The first-order valence-electron chi connectivity index (χ1n) is 12.6. The van der Waals surface area contributed by atoms with E-state index in [0.717, 1.165) is 41.8 Å². The number of fused-ring (bicyclic) bond motifs is 1. The van der Waals surface area contributed by atoms with Crippen LogP contribution in [0.2, 0.25) is 0 Å². The molecule has 0 bridgehead atoms. The van der Waals surface area contributed by atoms with Crippen LogP contribution in [0.4, 0.5) is 11.4 Å². The van der Waals surface area contributed by atoms with E-state index in [1.807, 2.05) is 44.2 Å². The van der Waals surface area contributed by atoms with E-state index < -0.39 is 15.9 Å². The van der Waals surface area contributed by atoms with Crippen LogP contribution in [0.15, 0.2) is 48.8 Å². The number of aryl methyl sites for hydroxylation is 1. The number of hydrogen-bond donors (Lipinski definition) is 1. The van der Waals surface area contributed by atoms with E-state index in [9.17, 15) is 18.9 Å². The number of nitrogens with zero attached hydrogens (tertiary/aromatic N) is 5. The Morgan fingerprint density at radius 3 is 2.55 bits per heavy atom. The second-order valence-electron chi connectivity index (χ2n) is 9.78. The smallest absolute Gasteiger partial charge is 0.256 e. The summed E-state index contributed by atoms with van der Waals surface area (Å²) >= 11 is 0. The van der Waals surface area contributed by atoms with E-state index in [1.54, 1.807) is 12.1 Å². The Hall–Kier alpha value is -4.15. The van der Waals surface area contributed by atoms with E-state index in [0.29, 0.717) is 23.8 Å². The number of sulfonamides is 1. The van der Waals surface area contributed by atoms with Crippen LogP contribution in [0.25, 0.3) is 0 Å². The maximum Gasteiger partial charge on any atom is 0.256 e. The minimum absolute atomic E-state index is 0.0617. The molecule has 2 atom stereocenters. The third kappa shape index (κ3) is 5.13. The van der Waals surface area contributed by atoms with Crippen molar-refractivity contribution in [3.8, 4) is 23.8 Å². The number of rotatable bonds is 9. The van der Waals surface area contributed by atoms with Crippen LogP contribution in [0, 0.1) is 35.5 Å². The molecule has 1 aliphatic carbocycles. The van der Waals surface area contributed by atoms with Gasteiger partial charge in [0.15, 0.2) is 0 Å². The topological polar surface area (TPSA) is 132 Å². The fourth-order valence-corrected chi connectivity index (χ4v) is 6.16. The Bertz CT molecular complexity index is 1560. The summed E-state index contributed by atoms with van der Waals surface area (Å²) in [7, 11) is -3.40. The molecule has 3 aromatic rings. The fraction of sp³-hybridized carbons (Fsp3) is 0.357. The van der Waals surface area contributed by atoms with Crippen molar-refractivity contribution in [2.24, 2.45) is 5.92 Å². The SMILES string of the molecule is CCCS(=O)(=O)Nc1ccc(C2C(C#N)c3ccc(Oc4nccnc4C#N)cc3N2CC2CC2)c(C)c1. The van der Waals surface area contributed by atoms with Gasteiger partial charge in [0.25, 0.3) is 5.88 Å². The molecule has 5 rings (SSSR count). The van der Waals surface area contributed by atoms with Gasteiger partial charge in [-0.15, -0.1) is 0 Å². The van der Waals surface area contributed by atoms with Crippen LogP contribution < -0.4 is 14.4 Å². The summed E-state index contributed by atoms with van der Waals surface area (Å²) in [4.78, 5) is 10.4. The summed E-state index contributed by atoms with van der Waals surface area (Å²) in [5.74, 6) is 0.846. The molecule has 1 fully saturated rings. The average Bonchev–Trinajstić information content (AvgIpc) is 3.66. The highest BCUT2D eigenvalue weighted by Gasteiger charge is 2.42. The lowest BCUT2D eigenvalue weighted by molar-refractivity contribution is 0.458. The van der Waals surface area contributed by atoms with E-state index in [-0.39, 0.29) is 23.4 Å². The Labute approximate surface area is 222 Å². The molecule has 1 aromatic heterocycles. The first-order chi connectivity index (χ1) is 18.3. The highest BCUT2D eigenvalue weighted by molar-refractivity contribution is 7.92. The van der Waals surface area contributed by atoms with Crippen molar-refractivity contribution in [2.45, 2.75) is 45.1 Å². The van der Waals surface area contributed by atoms with Gasteiger partial charge in [0.05, 0.1) is 23.8 Å². The number of nitriles is 2. The van der Waals surface area contributed by atoms with E-state index in [1.165, 1.54) is 12.4 Å². The highest BCUT2D eigenvalue weighted by Crippen LogP contribution is 2.52. The summed E-state index contributed by atoms with van der Waals surface area (Å²) in [5, 5.41) is 19.6. The van der Waals surface area contributed by atoms with Gasteiger partial charge >= 0.3 is 0 Å². The number of ether oxygens (including phenoxy) is 1. The average molecular weight is 529 g/mol. The quantitative estimate of drug-likeness (QED) is 0.402. The molecule has 2 aliphatic rings. The Morgan fingerprint density at radius 1 is 1.11 bits per heavy atom. The third-order valence-electron chi connectivity index (χ3n) is 6.91. The van der Waals surface area contributed by atoms with E-state index in [2.05, 4.69) is 25.7 Å². The zero-order chi connectivity index (χ0) is 26.9. The van der Waals surface area contributed by atoms with Crippen molar-refractivity contribution in [2.75, 3.05) is 21.9 Å². The van der Waals surface area contributed by atoms with Crippen molar-refractivity contribution in [1.82, 2.24) is 9.97 Å². The molecule has 0 radical (unpaired) electrons. The molecule has 2 aromatic carbocycles. The van der Waals surface area contributed by atoms with Gasteiger partial charge in [-0.1, -0.05) is 19.1 Å². The second-order valence-corrected chi connectivity index (χ2v) is 11.6. The molecule has 0 saturated heterocycles. The summed E-state index contributed by atoms with van der Waals surface area (Å²) in [6, 6.07) is 15.4. The molecular formula is C28H28N6O3S. The number of nitrogens with one attached hydrogen (secondary N) is 1. The molecule has 1 saturated carbocycles. The zero-order valence-electron chi connectivity index (χ0n) is 21.3. The molecule has 1 N–H and O–H groups in total. The van der Waals surface area contributed by atoms with Gasteiger partial charge in [-0.2, -0.15) is 10.5 Å². The molecule has 1 aliphatic heterocycles. The van der Waals surface area contributed by atoms with Gasteiger partial charge in [-0.3, -0.25) is 4.72 Å². The molecule has 0 spiro atoms. The number of hydrogen-bond acceptors (Lipinski definition) is 8. The molecule has 2 heterocycles. The van der Waals surface area contributed by atoms with Gasteiger partial charge in [-0.25, -0.2) is 18.4 Å². The fourth-order valence-electron chi connectivity index (χ4n) is 5.04. The Balaban J connectivity index is 1.50. The van der Waals surface area contributed by atoms with Gasteiger partial charge in [-0.05, 0) is 67.0 Å². The van der Waals surface area contributed by atoms with Crippen LogP contribution in [-0.2, 0) is 10.0 Å². The maximum atomic E-state index is 12.3. The number of benzene rings is 2. The van der Waals surface area contributed by atoms with Gasteiger partial charge in [0.2, 0.25) is 15.7 Å². The molecule has 194 valence electrons. The van der Waals surface area contributed by atoms with Crippen molar-refractivity contribution >= 4 is 21.4 Å². The van der Waals surface area contributed by atoms with Crippen LogP contribution in [0.5, 0.6) is 11.6 Å². The normalized spacial score (nSPS) is 18.4. The minimum atomic E-state index is -3.40. The van der Waals surface area contributed by atoms with Crippen molar-refractivity contribution < 1.29 is 13.2 Å². The monoisotopic (exact) mass is 528 g/mol. The van der Waals surface area contributed by atoms with Crippen LogP contribution in [-0.4, -0.2) is 30.7 Å². The van der Waals surface area contributed by atoms with Gasteiger partial charge in [0, 0.05) is 36.4 Å². The predicted octanol–water partition coefficient (Wildman–Crippen LogP) is 5.18. The Kier molecular flexibility index (Phi) is 6.92. The first-order valence-corrected chi connectivity index (χ1v) is 14.3. The van der Waals surface area contributed by atoms with Crippen LogP contribution in [0.3, 0.4) is 0 Å². The molecule has 10 heteroatoms.